The molecule has 2 fully saturated rings. The van der Waals surface area contributed by atoms with E-state index in [-0.39, 0.29) is 44.9 Å². The summed E-state index contributed by atoms with van der Waals surface area (Å²) in [5, 5.41) is 3.17. The van der Waals surface area contributed by atoms with Gasteiger partial charge in [-0.05, 0) is 73.8 Å². The third kappa shape index (κ3) is 4.91. The van der Waals surface area contributed by atoms with Gasteiger partial charge in [0.15, 0.2) is 16.7 Å². The van der Waals surface area contributed by atoms with E-state index in [0.717, 1.165) is 17.4 Å². The van der Waals surface area contributed by atoms with Crippen LogP contribution in [0.4, 0.5) is 17.6 Å². The molecule has 14 heteroatoms. The first-order valence-corrected chi connectivity index (χ1v) is 15.4. The molecule has 0 bridgehead atoms. The minimum Gasteiger partial charge on any atom is -0.277 e. The average molecular weight is 621 g/mol. The highest BCUT2D eigenvalue weighted by atomic mass is 35.5. The topological polar surface area (TPSA) is 95.0 Å². The molecule has 0 amide bonds. The Kier molecular flexibility index (Phi) is 7.00. The normalized spacial score (nSPS) is 19.6. The lowest BCUT2D eigenvalue weighted by atomic mass is 10.1. The molecule has 2 aliphatic rings. The van der Waals surface area contributed by atoms with E-state index in [2.05, 4.69) is 19.4 Å². The van der Waals surface area contributed by atoms with Crippen LogP contribution < -0.4 is 5.56 Å². The van der Waals surface area contributed by atoms with Gasteiger partial charge in [0.1, 0.15) is 10.7 Å². The lowest BCUT2D eigenvalue weighted by molar-refractivity contribution is 0.0565. The molecule has 0 radical (unpaired) electrons. The number of nitrogens with zero attached hydrogens (tertiary/aromatic N) is 6. The Balaban J connectivity index is 1.41. The van der Waals surface area contributed by atoms with Gasteiger partial charge in [-0.2, -0.15) is 13.9 Å². The summed E-state index contributed by atoms with van der Waals surface area (Å²) >= 11 is 6.54. The zero-order valence-corrected chi connectivity index (χ0v) is 24.3. The lowest BCUT2D eigenvalue weighted by Gasteiger charge is -2.18. The third-order valence-electron chi connectivity index (χ3n) is 7.57. The molecule has 4 aromatic heterocycles. The van der Waals surface area contributed by atoms with Crippen LogP contribution in [0.2, 0.25) is 5.02 Å². The average Bonchev–Trinajstić information content (AvgIpc) is 3.86. The van der Waals surface area contributed by atoms with E-state index in [9.17, 15) is 17.8 Å². The molecule has 6 rings (SSSR count). The second kappa shape index (κ2) is 10.3. The maximum Gasteiger partial charge on any atom is 0.333 e. The van der Waals surface area contributed by atoms with Gasteiger partial charge in [0, 0.05) is 36.1 Å². The molecular weight excluding hydrogens is 596 g/mol. The van der Waals surface area contributed by atoms with Crippen LogP contribution in [0.25, 0.3) is 16.9 Å². The zero-order chi connectivity index (χ0) is 30.1. The predicted octanol–water partition coefficient (Wildman–Crippen LogP) is 6.32. The van der Waals surface area contributed by atoms with Gasteiger partial charge in [0.2, 0.25) is 0 Å². The van der Waals surface area contributed by atoms with Crippen LogP contribution in [-0.4, -0.2) is 40.8 Å². The molecule has 0 aliphatic heterocycles. The molecule has 0 unspecified atom stereocenters. The molecule has 4 heterocycles. The second-order valence-electron chi connectivity index (χ2n) is 10.7. The van der Waals surface area contributed by atoms with Gasteiger partial charge in [-0.3, -0.25) is 14.3 Å². The second-order valence-corrected chi connectivity index (χ2v) is 13.3. The maximum atomic E-state index is 16.2. The Morgan fingerprint density at radius 2 is 1.86 bits per heavy atom. The van der Waals surface area contributed by atoms with Gasteiger partial charge in [0.05, 0.1) is 27.7 Å². The van der Waals surface area contributed by atoms with Crippen molar-refractivity contribution in [1.82, 2.24) is 24.3 Å². The van der Waals surface area contributed by atoms with Gasteiger partial charge < -0.3 is 0 Å². The molecule has 4 aromatic rings. The number of halogens is 5. The first-order valence-electron chi connectivity index (χ1n) is 13.1. The van der Waals surface area contributed by atoms with Crippen molar-refractivity contribution in [2.75, 3.05) is 6.26 Å². The van der Waals surface area contributed by atoms with E-state index in [1.165, 1.54) is 37.1 Å². The molecule has 0 spiro atoms. The highest BCUT2D eigenvalue weighted by molar-refractivity contribution is 7.92. The van der Waals surface area contributed by atoms with Crippen molar-refractivity contribution in [3.63, 3.8) is 0 Å². The van der Waals surface area contributed by atoms with E-state index in [0.29, 0.717) is 33.5 Å². The molecule has 2 saturated carbocycles. The highest BCUT2D eigenvalue weighted by Gasteiger charge is 2.42. The Labute approximate surface area is 243 Å². The highest BCUT2D eigenvalue weighted by Crippen LogP contribution is 2.56. The van der Waals surface area contributed by atoms with Crippen LogP contribution in [0.3, 0.4) is 0 Å². The monoisotopic (exact) mass is 620 g/mol. The molecule has 3 atom stereocenters. The van der Waals surface area contributed by atoms with Crippen molar-refractivity contribution in [2.45, 2.75) is 62.6 Å². The number of hydrogen-bond acceptors (Lipinski definition) is 6. The van der Waals surface area contributed by atoms with Gasteiger partial charge in [-0.25, -0.2) is 27.0 Å². The minimum atomic E-state index is -3.17. The smallest absolute Gasteiger partial charge is 0.277 e. The molecule has 0 N–H and O–H groups in total. The van der Waals surface area contributed by atoms with Crippen LogP contribution in [0, 0.1) is 25.5 Å². The van der Waals surface area contributed by atoms with E-state index in [1.54, 1.807) is 19.9 Å². The summed E-state index contributed by atoms with van der Waals surface area (Å²) < 4.78 is 76.9. The van der Waals surface area contributed by atoms with Crippen molar-refractivity contribution in [1.29, 1.82) is 0 Å². The molecule has 0 saturated heterocycles. The fourth-order valence-corrected chi connectivity index (χ4v) is 7.11. The molecule has 42 heavy (non-hydrogen) atoms. The Morgan fingerprint density at radius 1 is 1.12 bits per heavy atom. The van der Waals surface area contributed by atoms with Gasteiger partial charge in [0.25, 0.3) is 5.56 Å². The van der Waals surface area contributed by atoms with E-state index >= 15 is 8.78 Å². The summed E-state index contributed by atoms with van der Waals surface area (Å²) in [6, 6.07) is 2.78. The number of rotatable bonds is 7. The fraction of sp³-hybridized carbons (Fsp3) is 0.357. The summed E-state index contributed by atoms with van der Waals surface area (Å²) in [6.07, 6.45) is 8.60. The maximum absolute atomic E-state index is 16.2. The van der Waals surface area contributed by atoms with Gasteiger partial charge in [-0.15, -0.1) is 0 Å². The van der Waals surface area contributed by atoms with Crippen LogP contribution in [0.15, 0.2) is 51.1 Å². The number of alkyl halides is 2. The number of hydrogen-bond donors (Lipinski definition) is 0. The third-order valence-corrected chi connectivity index (χ3v) is 9.65. The number of aromatic nitrogens is 5. The summed E-state index contributed by atoms with van der Waals surface area (Å²) in [6.45, 7) is 0.413. The fourth-order valence-electron chi connectivity index (χ4n) is 5.25. The molecule has 0 aromatic carbocycles. The first kappa shape index (κ1) is 28.5. The van der Waals surface area contributed by atoms with Crippen LogP contribution in [-0.2, 0) is 9.73 Å². The van der Waals surface area contributed by atoms with Crippen molar-refractivity contribution >= 4 is 21.3 Å². The van der Waals surface area contributed by atoms with Gasteiger partial charge in [-0.1, -0.05) is 11.6 Å². The Hall–Kier alpha value is -3.58. The molecule has 8 nitrogen and oxygen atoms in total. The van der Waals surface area contributed by atoms with Crippen LogP contribution in [0.1, 0.15) is 60.0 Å². The van der Waals surface area contributed by atoms with E-state index in [1.807, 2.05) is 0 Å². The molecular formula is C28H25ClF4N6O2S. The van der Waals surface area contributed by atoms with E-state index < -0.39 is 33.5 Å². The summed E-state index contributed by atoms with van der Waals surface area (Å²) in [7, 11) is -3.17. The summed E-state index contributed by atoms with van der Waals surface area (Å²) in [5.74, 6) is -2.30. The van der Waals surface area contributed by atoms with Crippen LogP contribution in [0.5, 0.6) is 0 Å². The van der Waals surface area contributed by atoms with Crippen molar-refractivity contribution in [2.24, 2.45) is 4.36 Å². The Bertz CT molecular complexity index is 1930. The summed E-state index contributed by atoms with van der Waals surface area (Å²) in [4.78, 5) is 21.6. The largest absolute Gasteiger partial charge is 0.333 e. The molecule has 2 aliphatic carbocycles. The van der Waals surface area contributed by atoms with Crippen LogP contribution >= 0.6 is 11.6 Å². The minimum absolute atomic E-state index is 0.114. The SMILES string of the molecule is Cc1cnc(-c2ccnc([S@](C)(=O)=NC3CC3)c2F)c(F)c1-n1c(C)cc([C@H]2C[C@@H]2c2cnn(C(F)F)c2)c(Cl)c1=O. The van der Waals surface area contributed by atoms with Crippen molar-refractivity contribution in [3.8, 4) is 16.9 Å². The first-order chi connectivity index (χ1) is 19.9. The van der Waals surface area contributed by atoms with E-state index in [4.69, 9.17) is 11.6 Å². The summed E-state index contributed by atoms with van der Waals surface area (Å²) in [5.41, 5.74) is 0.309. The Morgan fingerprint density at radius 3 is 2.52 bits per heavy atom. The number of aryl methyl sites for hydroxylation is 2. The van der Waals surface area contributed by atoms with Crippen molar-refractivity contribution in [3.05, 3.63) is 86.3 Å². The predicted molar refractivity (Wildman–Crippen MR) is 149 cm³/mol. The van der Waals surface area contributed by atoms with Gasteiger partial charge >= 0.3 is 6.55 Å². The lowest BCUT2D eigenvalue weighted by Crippen LogP contribution is -2.24. The van der Waals surface area contributed by atoms with Crippen molar-refractivity contribution < 1.29 is 21.8 Å². The quantitative estimate of drug-likeness (QED) is 0.225. The zero-order valence-electron chi connectivity index (χ0n) is 22.7. The number of pyridine rings is 3. The standard InChI is InChI=1S/C28H25ClF4N6O2S/c1-13-10-35-24(17-6-7-34-26(22(17)30)42(3,41)37-16-4-5-16)23(31)25(13)39-14(2)8-20(21(29)27(39)40)19-9-18(19)15-11-36-38(12-15)28(32)33/h6-8,10-12,16,18-19,28H,4-5,9H2,1-3H3/t18-,19+,42+/m1/s1. The molecule has 220 valence electrons.